The first-order valence-corrected chi connectivity index (χ1v) is 10.2. The Labute approximate surface area is 170 Å². The van der Waals surface area contributed by atoms with Crippen LogP contribution >= 0.6 is 11.8 Å². The molecule has 0 saturated carbocycles. The van der Waals surface area contributed by atoms with Crippen LogP contribution in [0.25, 0.3) is 5.69 Å². The number of thioether (sulfide) groups is 1. The predicted octanol–water partition coefficient (Wildman–Crippen LogP) is 3.13. The fraction of sp³-hybridized carbons (Fsp3) is 0.500. The lowest BCUT2D eigenvalue weighted by molar-refractivity contribution is -0.150. The second-order valence-electron chi connectivity index (χ2n) is 7.07. The van der Waals surface area contributed by atoms with Gasteiger partial charge in [0.05, 0.1) is 18.6 Å². The van der Waals surface area contributed by atoms with E-state index in [0.29, 0.717) is 11.6 Å². The van der Waals surface area contributed by atoms with Crippen LogP contribution in [0.4, 0.5) is 0 Å². The van der Waals surface area contributed by atoms with E-state index in [0.717, 1.165) is 29.1 Å². The summed E-state index contributed by atoms with van der Waals surface area (Å²) >= 11 is 1.29. The maximum atomic E-state index is 12.5. The number of esters is 1. The molecule has 0 spiro atoms. The summed E-state index contributed by atoms with van der Waals surface area (Å²) in [7, 11) is 1.33. The molecule has 1 heterocycles. The van der Waals surface area contributed by atoms with Crippen molar-refractivity contribution in [2.75, 3.05) is 12.9 Å². The molecule has 2 aromatic rings. The molecule has 152 valence electrons. The van der Waals surface area contributed by atoms with Crippen molar-refractivity contribution in [1.29, 1.82) is 0 Å². The maximum absolute atomic E-state index is 12.5. The van der Waals surface area contributed by atoms with Crippen LogP contribution in [0, 0.1) is 20.8 Å². The van der Waals surface area contributed by atoms with E-state index in [4.69, 9.17) is 4.74 Å². The molecule has 1 atom stereocenters. The first-order valence-electron chi connectivity index (χ1n) is 9.23. The van der Waals surface area contributed by atoms with E-state index < -0.39 is 11.5 Å². The second kappa shape index (κ2) is 9.23. The molecule has 0 fully saturated rings. The van der Waals surface area contributed by atoms with Crippen molar-refractivity contribution in [2.45, 2.75) is 58.2 Å². The Morgan fingerprint density at radius 2 is 1.96 bits per heavy atom. The lowest BCUT2D eigenvalue weighted by Gasteiger charge is -2.27. The molecule has 0 bridgehead atoms. The zero-order valence-electron chi connectivity index (χ0n) is 17.3. The van der Waals surface area contributed by atoms with Gasteiger partial charge in [0.15, 0.2) is 5.16 Å². The number of hydrogen-bond donors (Lipinski definition) is 1. The molecule has 1 aromatic carbocycles. The number of rotatable bonds is 8. The Morgan fingerprint density at radius 3 is 2.61 bits per heavy atom. The Hall–Kier alpha value is -2.35. The van der Waals surface area contributed by atoms with Crippen LogP contribution in [0.3, 0.4) is 0 Å². The van der Waals surface area contributed by atoms with Crippen LogP contribution in [0.15, 0.2) is 23.4 Å². The number of nitrogens with one attached hydrogen (secondary N) is 1. The number of nitrogens with zero attached hydrogens (tertiary/aromatic N) is 3. The Morgan fingerprint density at radius 1 is 1.25 bits per heavy atom. The number of methoxy groups -OCH3 is 1. The van der Waals surface area contributed by atoms with Gasteiger partial charge in [-0.3, -0.25) is 9.36 Å². The van der Waals surface area contributed by atoms with Gasteiger partial charge < -0.3 is 10.1 Å². The molecule has 1 N–H and O–H groups in total. The summed E-state index contributed by atoms with van der Waals surface area (Å²) in [6.07, 6.45) is 1.26. The Kier molecular flexibility index (Phi) is 7.23. The molecule has 2 rings (SSSR count). The summed E-state index contributed by atoms with van der Waals surface area (Å²) < 4.78 is 6.80. The zero-order chi connectivity index (χ0) is 20.9. The maximum Gasteiger partial charge on any atom is 0.331 e. The van der Waals surface area contributed by atoms with E-state index in [-0.39, 0.29) is 11.7 Å². The zero-order valence-corrected chi connectivity index (χ0v) is 18.1. The van der Waals surface area contributed by atoms with E-state index >= 15 is 0 Å². The van der Waals surface area contributed by atoms with Gasteiger partial charge in [-0.25, -0.2) is 4.79 Å². The highest BCUT2D eigenvalue weighted by molar-refractivity contribution is 7.99. The molecule has 1 unspecified atom stereocenters. The molecule has 0 aliphatic rings. The Bertz CT molecular complexity index is 865. The number of carbonyl (C=O) groups is 2. The number of carbonyl (C=O) groups excluding carboxylic acids is 2. The monoisotopic (exact) mass is 404 g/mol. The minimum atomic E-state index is -1.03. The molecular weight excluding hydrogens is 376 g/mol. The van der Waals surface area contributed by atoms with Gasteiger partial charge >= 0.3 is 5.97 Å². The van der Waals surface area contributed by atoms with E-state index in [2.05, 4.69) is 33.7 Å². The number of benzene rings is 1. The number of hydrogen-bond acceptors (Lipinski definition) is 6. The molecule has 28 heavy (non-hydrogen) atoms. The third-order valence-electron chi connectivity index (χ3n) is 4.53. The third kappa shape index (κ3) is 4.92. The summed E-state index contributed by atoms with van der Waals surface area (Å²) in [5, 5.41) is 11.8. The van der Waals surface area contributed by atoms with Gasteiger partial charge in [-0.15, -0.1) is 10.2 Å². The first-order chi connectivity index (χ1) is 13.2. The molecule has 7 nitrogen and oxygen atoms in total. The third-order valence-corrected chi connectivity index (χ3v) is 5.46. The predicted molar refractivity (Wildman–Crippen MR) is 110 cm³/mol. The second-order valence-corrected chi connectivity index (χ2v) is 8.01. The van der Waals surface area contributed by atoms with Crippen molar-refractivity contribution < 1.29 is 14.3 Å². The Balaban J connectivity index is 2.16. The molecular formula is C20H28N4O3S. The van der Waals surface area contributed by atoms with Crippen LogP contribution in [0.2, 0.25) is 0 Å². The highest BCUT2D eigenvalue weighted by Gasteiger charge is 2.35. The molecule has 0 aliphatic carbocycles. The van der Waals surface area contributed by atoms with Crippen molar-refractivity contribution in [3.05, 3.63) is 35.2 Å². The van der Waals surface area contributed by atoms with Crippen LogP contribution in [0.5, 0.6) is 0 Å². The smallest absolute Gasteiger partial charge is 0.331 e. The summed E-state index contributed by atoms with van der Waals surface area (Å²) in [4.78, 5) is 24.6. The van der Waals surface area contributed by atoms with Gasteiger partial charge in [-0.1, -0.05) is 37.2 Å². The quantitative estimate of drug-likeness (QED) is 0.537. The van der Waals surface area contributed by atoms with Crippen LogP contribution < -0.4 is 5.32 Å². The molecule has 1 aromatic heterocycles. The van der Waals surface area contributed by atoms with Crippen LogP contribution in [-0.4, -0.2) is 45.0 Å². The average molecular weight is 405 g/mol. The van der Waals surface area contributed by atoms with Crippen molar-refractivity contribution in [3.63, 3.8) is 0 Å². The molecule has 0 saturated heterocycles. The number of amides is 1. The normalized spacial score (nSPS) is 13.1. The van der Waals surface area contributed by atoms with Crippen molar-refractivity contribution in [1.82, 2.24) is 20.1 Å². The molecule has 0 aliphatic heterocycles. The molecule has 8 heteroatoms. The van der Waals surface area contributed by atoms with Gasteiger partial charge in [-0.05, 0) is 51.3 Å². The fourth-order valence-corrected chi connectivity index (χ4v) is 3.88. The largest absolute Gasteiger partial charge is 0.467 e. The lowest BCUT2D eigenvalue weighted by Crippen LogP contribution is -2.53. The van der Waals surface area contributed by atoms with Crippen molar-refractivity contribution in [3.8, 4) is 5.69 Å². The SMILES string of the molecule is CCCC(C)(NC(=O)CSc1nnc(C)n1-c1cc(C)ccc1C)C(=O)OC. The molecule has 1 amide bonds. The summed E-state index contributed by atoms with van der Waals surface area (Å²) in [5.74, 6) is 0.183. The van der Waals surface area contributed by atoms with E-state index in [1.54, 1.807) is 6.92 Å². The van der Waals surface area contributed by atoms with Gasteiger partial charge in [0, 0.05) is 0 Å². The van der Waals surface area contributed by atoms with E-state index in [9.17, 15) is 9.59 Å². The van der Waals surface area contributed by atoms with Gasteiger partial charge in [0.2, 0.25) is 5.91 Å². The summed E-state index contributed by atoms with van der Waals surface area (Å²) in [5.41, 5.74) is 2.20. The fourth-order valence-electron chi connectivity index (χ4n) is 3.09. The number of ether oxygens (including phenoxy) is 1. The van der Waals surface area contributed by atoms with E-state index in [1.165, 1.54) is 18.9 Å². The van der Waals surface area contributed by atoms with Crippen molar-refractivity contribution in [2.24, 2.45) is 0 Å². The highest BCUT2D eigenvalue weighted by atomic mass is 32.2. The highest BCUT2D eigenvalue weighted by Crippen LogP contribution is 2.25. The standard InChI is InChI=1S/C20H28N4O3S/c1-7-10-20(5,18(26)27-6)21-17(25)12-28-19-23-22-15(4)24(19)16-11-13(2)8-9-14(16)3/h8-9,11H,7,10,12H2,1-6H3,(H,21,25). The van der Waals surface area contributed by atoms with E-state index in [1.807, 2.05) is 32.3 Å². The van der Waals surface area contributed by atoms with Gasteiger partial charge in [-0.2, -0.15) is 0 Å². The average Bonchev–Trinajstić information content (AvgIpc) is 3.01. The first kappa shape index (κ1) is 21.9. The van der Waals surface area contributed by atoms with Crippen LogP contribution in [-0.2, 0) is 14.3 Å². The van der Waals surface area contributed by atoms with Gasteiger partial charge in [0.25, 0.3) is 0 Å². The minimum Gasteiger partial charge on any atom is -0.467 e. The van der Waals surface area contributed by atoms with Gasteiger partial charge in [0.1, 0.15) is 11.4 Å². The number of aryl methyl sites for hydroxylation is 3. The van der Waals surface area contributed by atoms with Crippen molar-refractivity contribution >= 4 is 23.6 Å². The topological polar surface area (TPSA) is 86.1 Å². The number of aromatic nitrogens is 3. The summed E-state index contributed by atoms with van der Waals surface area (Å²) in [6, 6.07) is 6.18. The minimum absolute atomic E-state index is 0.124. The summed E-state index contributed by atoms with van der Waals surface area (Å²) in [6.45, 7) is 9.59. The molecule has 0 radical (unpaired) electrons. The van der Waals surface area contributed by atoms with Crippen LogP contribution in [0.1, 0.15) is 43.6 Å². The lowest BCUT2D eigenvalue weighted by atomic mass is 9.96.